The summed E-state index contributed by atoms with van der Waals surface area (Å²) >= 11 is 0. The zero-order valence-corrected chi connectivity index (χ0v) is 12.5. The summed E-state index contributed by atoms with van der Waals surface area (Å²) < 4.78 is 0. The van der Waals surface area contributed by atoms with Gasteiger partial charge < -0.3 is 0 Å². The standard InChI is InChI=1S/C15H24N2O2/c1-11(2)16(12(3)4)13(5)10-14-6-8-15(9-7-14)17(18)19/h6-9,11-13H,10H2,1-5H3. The van der Waals surface area contributed by atoms with E-state index in [1.54, 1.807) is 12.1 Å². The van der Waals surface area contributed by atoms with E-state index in [9.17, 15) is 10.1 Å². The lowest BCUT2D eigenvalue weighted by Gasteiger charge is -2.36. The zero-order valence-electron chi connectivity index (χ0n) is 12.5. The highest BCUT2D eigenvalue weighted by Gasteiger charge is 2.20. The van der Waals surface area contributed by atoms with Gasteiger partial charge in [0, 0.05) is 30.3 Å². The summed E-state index contributed by atoms with van der Waals surface area (Å²) in [6.07, 6.45) is 0.911. The second kappa shape index (κ2) is 6.66. The van der Waals surface area contributed by atoms with Crippen molar-refractivity contribution < 1.29 is 4.92 Å². The van der Waals surface area contributed by atoms with Crippen LogP contribution in [0.3, 0.4) is 0 Å². The molecule has 0 aliphatic heterocycles. The molecular formula is C15H24N2O2. The minimum absolute atomic E-state index is 0.154. The first-order chi connectivity index (χ1) is 8.82. The molecule has 0 saturated heterocycles. The van der Waals surface area contributed by atoms with Gasteiger partial charge in [0.2, 0.25) is 0 Å². The van der Waals surface area contributed by atoms with E-state index in [1.807, 2.05) is 12.1 Å². The molecular weight excluding hydrogens is 240 g/mol. The van der Waals surface area contributed by atoms with Crippen molar-refractivity contribution in [1.82, 2.24) is 4.90 Å². The predicted octanol–water partition coefficient (Wildman–Crippen LogP) is 3.64. The number of benzene rings is 1. The number of nitro benzene ring substituents is 1. The SMILES string of the molecule is CC(C)N(C(C)C)C(C)Cc1ccc([N+](=O)[O-])cc1. The summed E-state index contributed by atoms with van der Waals surface area (Å²) in [4.78, 5) is 12.7. The second-order valence-electron chi connectivity index (χ2n) is 5.61. The van der Waals surface area contributed by atoms with Crippen LogP contribution in [0.2, 0.25) is 0 Å². The Balaban J connectivity index is 2.75. The Morgan fingerprint density at radius 1 is 1.05 bits per heavy atom. The first-order valence-electron chi connectivity index (χ1n) is 6.83. The van der Waals surface area contributed by atoms with Gasteiger partial charge in [-0.05, 0) is 46.6 Å². The van der Waals surface area contributed by atoms with Gasteiger partial charge in [0.25, 0.3) is 5.69 Å². The molecule has 0 aromatic heterocycles. The van der Waals surface area contributed by atoms with Crippen LogP contribution in [0.1, 0.15) is 40.2 Å². The smallest absolute Gasteiger partial charge is 0.269 e. The Bertz CT molecular complexity index is 405. The van der Waals surface area contributed by atoms with Crippen molar-refractivity contribution >= 4 is 5.69 Å². The van der Waals surface area contributed by atoms with Crippen molar-refractivity contribution in [3.63, 3.8) is 0 Å². The number of non-ortho nitro benzene ring substituents is 1. The fourth-order valence-electron chi connectivity index (χ4n) is 2.81. The van der Waals surface area contributed by atoms with E-state index < -0.39 is 0 Å². The van der Waals surface area contributed by atoms with E-state index in [0.717, 1.165) is 12.0 Å². The molecule has 19 heavy (non-hydrogen) atoms. The molecule has 1 aromatic rings. The highest BCUT2D eigenvalue weighted by molar-refractivity contribution is 5.33. The van der Waals surface area contributed by atoms with Crippen molar-refractivity contribution in [2.75, 3.05) is 0 Å². The predicted molar refractivity (Wildman–Crippen MR) is 78.4 cm³/mol. The van der Waals surface area contributed by atoms with Crippen LogP contribution in [0.15, 0.2) is 24.3 Å². The van der Waals surface area contributed by atoms with Crippen molar-refractivity contribution in [3.8, 4) is 0 Å². The maximum Gasteiger partial charge on any atom is 0.269 e. The van der Waals surface area contributed by atoms with Gasteiger partial charge in [-0.15, -0.1) is 0 Å². The Kier molecular flexibility index (Phi) is 5.48. The molecule has 0 fully saturated rings. The summed E-state index contributed by atoms with van der Waals surface area (Å²) in [7, 11) is 0. The van der Waals surface area contributed by atoms with Gasteiger partial charge >= 0.3 is 0 Å². The van der Waals surface area contributed by atoms with Crippen LogP contribution in [-0.2, 0) is 6.42 Å². The molecule has 0 spiro atoms. The van der Waals surface area contributed by atoms with E-state index in [-0.39, 0.29) is 10.6 Å². The van der Waals surface area contributed by atoms with Crippen LogP contribution in [-0.4, -0.2) is 27.9 Å². The molecule has 0 aliphatic carbocycles. The molecule has 0 N–H and O–H groups in total. The summed E-state index contributed by atoms with van der Waals surface area (Å²) in [5.41, 5.74) is 1.30. The fourth-order valence-corrected chi connectivity index (χ4v) is 2.81. The molecule has 0 radical (unpaired) electrons. The normalized spacial score (nSPS) is 13.3. The third-order valence-corrected chi connectivity index (χ3v) is 3.38. The summed E-state index contributed by atoms with van der Waals surface area (Å²) in [6, 6.07) is 8.28. The molecule has 0 heterocycles. The molecule has 0 aliphatic rings. The highest BCUT2D eigenvalue weighted by Crippen LogP contribution is 2.17. The van der Waals surface area contributed by atoms with Crippen LogP contribution in [0.5, 0.6) is 0 Å². The molecule has 1 unspecified atom stereocenters. The molecule has 106 valence electrons. The Labute approximate surface area is 115 Å². The van der Waals surface area contributed by atoms with Crippen LogP contribution in [0.4, 0.5) is 5.69 Å². The van der Waals surface area contributed by atoms with Crippen LogP contribution < -0.4 is 0 Å². The number of nitrogens with zero attached hydrogens (tertiary/aromatic N) is 2. The lowest BCUT2D eigenvalue weighted by atomic mass is 10.0. The molecule has 4 heteroatoms. The maximum absolute atomic E-state index is 10.6. The van der Waals surface area contributed by atoms with E-state index in [4.69, 9.17) is 0 Å². The van der Waals surface area contributed by atoms with Crippen LogP contribution in [0.25, 0.3) is 0 Å². The van der Waals surface area contributed by atoms with Gasteiger partial charge in [0.1, 0.15) is 0 Å². The van der Waals surface area contributed by atoms with Gasteiger partial charge in [0.15, 0.2) is 0 Å². The molecule has 1 rings (SSSR count). The third kappa shape index (κ3) is 4.31. The summed E-state index contributed by atoms with van der Waals surface area (Å²) in [5.74, 6) is 0. The van der Waals surface area contributed by atoms with Crippen LogP contribution >= 0.6 is 0 Å². The average molecular weight is 264 g/mol. The molecule has 0 amide bonds. The molecule has 1 atom stereocenters. The van der Waals surface area contributed by atoms with E-state index >= 15 is 0 Å². The van der Waals surface area contributed by atoms with Gasteiger partial charge in [0.05, 0.1) is 4.92 Å². The quantitative estimate of drug-likeness (QED) is 0.582. The maximum atomic E-state index is 10.6. The Hall–Kier alpha value is -1.42. The van der Waals surface area contributed by atoms with Crippen molar-refractivity contribution in [2.45, 2.75) is 59.2 Å². The first-order valence-corrected chi connectivity index (χ1v) is 6.83. The van der Waals surface area contributed by atoms with Gasteiger partial charge in [-0.3, -0.25) is 15.0 Å². The number of nitro groups is 1. The van der Waals surface area contributed by atoms with Gasteiger partial charge in [-0.1, -0.05) is 12.1 Å². The zero-order chi connectivity index (χ0) is 14.6. The highest BCUT2D eigenvalue weighted by atomic mass is 16.6. The lowest BCUT2D eigenvalue weighted by Crippen LogP contribution is -2.44. The topological polar surface area (TPSA) is 46.4 Å². The Morgan fingerprint density at radius 3 is 1.89 bits per heavy atom. The van der Waals surface area contributed by atoms with E-state index in [0.29, 0.717) is 18.1 Å². The Morgan fingerprint density at radius 2 is 1.53 bits per heavy atom. The molecule has 0 saturated carbocycles. The summed E-state index contributed by atoms with van der Waals surface area (Å²) in [5, 5.41) is 10.6. The van der Waals surface area contributed by atoms with Crippen LogP contribution in [0, 0.1) is 10.1 Å². The van der Waals surface area contributed by atoms with E-state index in [2.05, 4.69) is 39.5 Å². The van der Waals surface area contributed by atoms with Crippen molar-refractivity contribution in [1.29, 1.82) is 0 Å². The minimum atomic E-state index is -0.359. The summed E-state index contributed by atoms with van der Waals surface area (Å²) in [6.45, 7) is 11.0. The van der Waals surface area contributed by atoms with Gasteiger partial charge in [-0.25, -0.2) is 0 Å². The number of hydrogen-bond acceptors (Lipinski definition) is 3. The third-order valence-electron chi connectivity index (χ3n) is 3.38. The number of hydrogen-bond donors (Lipinski definition) is 0. The van der Waals surface area contributed by atoms with Crippen molar-refractivity contribution in [2.24, 2.45) is 0 Å². The molecule has 1 aromatic carbocycles. The van der Waals surface area contributed by atoms with Gasteiger partial charge in [-0.2, -0.15) is 0 Å². The van der Waals surface area contributed by atoms with Crippen molar-refractivity contribution in [3.05, 3.63) is 39.9 Å². The monoisotopic (exact) mass is 264 g/mol. The first kappa shape index (κ1) is 15.6. The lowest BCUT2D eigenvalue weighted by molar-refractivity contribution is -0.384. The largest absolute Gasteiger partial charge is 0.296 e. The average Bonchev–Trinajstić information content (AvgIpc) is 2.28. The molecule has 4 nitrogen and oxygen atoms in total. The number of rotatable bonds is 6. The van der Waals surface area contributed by atoms with E-state index in [1.165, 1.54) is 0 Å². The molecule has 0 bridgehead atoms. The minimum Gasteiger partial charge on any atom is -0.296 e. The fraction of sp³-hybridized carbons (Fsp3) is 0.600. The second-order valence-corrected chi connectivity index (χ2v) is 5.61.